The molecule has 0 radical (unpaired) electrons. The second-order valence-corrected chi connectivity index (χ2v) is 5.69. The molecular formula is C18H21NO4. The molecule has 0 unspecified atom stereocenters. The van der Waals surface area contributed by atoms with E-state index in [-0.39, 0.29) is 5.97 Å². The number of nitrogens with zero attached hydrogens (tertiary/aromatic N) is 1. The van der Waals surface area contributed by atoms with E-state index in [0.29, 0.717) is 25.4 Å². The first-order valence-electron chi connectivity index (χ1n) is 7.95. The van der Waals surface area contributed by atoms with Crippen molar-refractivity contribution < 1.29 is 18.7 Å². The van der Waals surface area contributed by atoms with Crippen molar-refractivity contribution >= 4 is 5.97 Å². The number of unbranched alkanes of at least 4 members (excludes halogenated alkanes) is 1. The van der Waals surface area contributed by atoms with E-state index in [2.05, 4.69) is 11.8 Å². The minimum absolute atomic E-state index is 0.184. The summed E-state index contributed by atoms with van der Waals surface area (Å²) in [6.45, 7) is 3.99. The van der Waals surface area contributed by atoms with Crippen molar-refractivity contribution in [3.8, 4) is 11.5 Å². The maximum absolute atomic E-state index is 11.7. The molecule has 0 bridgehead atoms. The summed E-state index contributed by atoms with van der Waals surface area (Å²) in [7, 11) is 0. The highest BCUT2D eigenvalue weighted by Crippen LogP contribution is 2.29. The van der Waals surface area contributed by atoms with Gasteiger partial charge in [-0.25, -0.2) is 0 Å². The molecule has 0 atom stereocenters. The van der Waals surface area contributed by atoms with Crippen molar-refractivity contribution in [2.24, 2.45) is 0 Å². The van der Waals surface area contributed by atoms with Crippen LogP contribution in [0.25, 0.3) is 0 Å². The summed E-state index contributed by atoms with van der Waals surface area (Å²) in [6, 6.07) is 9.35. The van der Waals surface area contributed by atoms with E-state index < -0.39 is 0 Å². The molecular weight excluding hydrogens is 294 g/mol. The minimum atomic E-state index is -0.184. The van der Waals surface area contributed by atoms with Gasteiger partial charge in [0.2, 0.25) is 0 Å². The SMILES string of the molecule is CCCCC(=O)Oc1ccc2c(c1)CN(Cc1ccco1)CO2. The quantitative estimate of drug-likeness (QED) is 0.600. The highest BCUT2D eigenvalue weighted by Gasteiger charge is 2.19. The summed E-state index contributed by atoms with van der Waals surface area (Å²) in [5, 5.41) is 0. The normalized spacial score (nSPS) is 14.1. The number of furan rings is 1. The number of fused-ring (bicyclic) bond motifs is 1. The molecule has 0 spiro atoms. The predicted octanol–water partition coefficient (Wildman–Crippen LogP) is 3.73. The van der Waals surface area contributed by atoms with E-state index in [1.807, 2.05) is 24.3 Å². The molecule has 0 saturated heterocycles. The van der Waals surface area contributed by atoms with Gasteiger partial charge in [-0.1, -0.05) is 13.3 Å². The molecule has 2 aromatic rings. The second kappa shape index (κ2) is 7.33. The van der Waals surface area contributed by atoms with Crippen molar-refractivity contribution in [3.05, 3.63) is 47.9 Å². The van der Waals surface area contributed by atoms with Crippen molar-refractivity contribution in [1.82, 2.24) is 4.90 Å². The first-order valence-corrected chi connectivity index (χ1v) is 7.95. The zero-order valence-corrected chi connectivity index (χ0v) is 13.3. The molecule has 0 saturated carbocycles. The predicted molar refractivity (Wildman–Crippen MR) is 85.1 cm³/mol. The summed E-state index contributed by atoms with van der Waals surface area (Å²) < 4.78 is 16.5. The standard InChI is InChI=1S/C18H21NO4/c1-2-3-6-18(20)23-15-7-8-17-14(10-15)11-19(13-22-17)12-16-5-4-9-21-16/h4-5,7-10H,2-3,6,11-13H2,1H3. The molecule has 1 aromatic carbocycles. The lowest BCUT2D eigenvalue weighted by Crippen LogP contribution is -2.31. The molecule has 1 aromatic heterocycles. The van der Waals surface area contributed by atoms with Crippen LogP contribution in [0, 0.1) is 0 Å². The van der Waals surface area contributed by atoms with E-state index in [4.69, 9.17) is 13.9 Å². The third kappa shape index (κ3) is 4.13. The molecule has 0 amide bonds. The highest BCUT2D eigenvalue weighted by molar-refractivity contribution is 5.72. The number of ether oxygens (including phenoxy) is 2. The van der Waals surface area contributed by atoms with Gasteiger partial charge in [-0.2, -0.15) is 0 Å². The smallest absolute Gasteiger partial charge is 0.311 e. The molecule has 2 heterocycles. The van der Waals surface area contributed by atoms with Gasteiger partial charge in [-0.05, 0) is 36.8 Å². The lowest BCUT2D eigenvalue weighted by molar-refractivity contribution is -0.134. The van der Waals surface area contributed by atoms with Crippen molar-refractivity contribution in [3.63, 3.8) is 0 Å². The van der Waals surface area contributed by atoms with E-state index >= 15 is 0 Å². The molecule has 1 aliphatic rings. The van der Waals surface area contributed by atoms with Crippen molar-refractivity contribution in [2.75, 3.05) is 6.73 Å². The number of benzene rings is 1. The van der Waals surface area contributed by atoms with E-state index in [9.17, 15) is 4.79 Å². The molecule has 0 N–H and O–H groups in total. The Bertz CT molecular complexity index is 651. The fraction of sp³-hybridized carbons (Fsp3) is 0.389. The molecule has 1 aliphatic heterocycles. The van der Waals surface area contributed by atoms with Gasteiger partial charge in [0.1, 0.15) is 24.0 Å². The molecule has 5 nitrogen and oxygen atoms in total. The molecule has 23 heavy (non-hydrogen) atoms. The molecule has 0 fully saturated rings. The fourth-order valence-corrected chi connectivity index (χ4v) is 2.56. The Labute approximate surface area is 135 Å². The fourth-order valence-electron chi connectivity index (χ4n) is 2.56. The second-order valence-electron chi connectivity index (χ2n) is 5.69. The summed E-state index contributed by atoms with van der Waals surface area (Å²) in [5.41, 5.74) is 1.02. The van der Waals surface area contributed by atoms with Crippen LogP contribution in [0.2, 0.25) is 0 Å². The number of carbonyl (C=O) groups excluding carboxylic acids is 1. The Morgan fingerprint density at radius 1 is 1.35 bits per heavy atom. The average Bonchev–Trinajstić information content (AvgIpc) is 3.05. The maximum atomic E-state index is 11.7. The monoisotopic (exact) mass is 315 g/mol. The Morgan fingerprint density at radius 2 is 2.26 bits per heavy atom. The number of hydrogen-bond donors (Lipinski definition) is 0. The first kappa shape index (κ1) is 15.6. The third-order valence-corrected chi connectivity index (χ3v) is 3.75. The zero-order chi connectivity index (χ0) is 16.1. The van der Waals surface area contributed by atoms with Gasteiger partial charge in [0, 0.05) is 18.5 Å². The summed E-state index contributed by atoms with van der Waals surface area (Å²) in [5.74, 6) is 2.14. The van der Waals surface area contributed by atoms with Gasteiger partial charge in [0.25, 0.3) is 0 Å². The number of rotatable bonds is 6. The molecule has 0 aliphatic carbocycles. The number of hydrogen-bond acceptors (Lipinski definition) is 5. The summed E-state index contributed by atoms with van der Waals surface area (Å²) in [6.07, 6.45) is 3.95. The van der Waals surface area contributed by atoms with Crippen molar-refractivity contribution in [2.45, 2.75) is 39.3 Å². The van der Waals surface area contributed by atoms with Crippen molar-refractivity contribution in [1.29, 1.82) is 0 Å². The number of esters is 1. The largest absolute Gasteiger partial charge is 0.478 e. The summed E-state index contributed by atoms with van der Waals surface area (Å²) >= 11 is 0. The van der Waals surface area contributed by atoms with Gasteiger partial charge in [-0.3, -0.25) is 9.69 Å². The van der Waals surface area contributed by atoms with Crippen LogP contribution in [-0.2, 0) is 17.9 Å². The Kier molecular flexibility index (Phi) is 4.98. The Morgan fingerprint density at radius 3 is 3.04 bits per heavy atom. The lowest BCUT2D eigenvalue weighted by Gasteiger charge is -2.28. The average molecular weight is 315 g/mol. The van der Waals surface area contributed by atoms with Crippen LogP contribution in [0.15, 0.2) is 41.0 Å². The van der Waals surface area contributed by atoms with Gasteiger partial charge >= 0.3 is 5.97 Å². The molecule has 3 rings (SSSR count). The maximum Gasteiger partial charge on any atom is 0.311 e. The van der Waals surface area contributed by atoms with Crippen LogP contribution in [0.5, 0.6) is 11.5 Å². The zero-order valence-electron chi connectivity index (χ0n) is 13.3. The van der Waals surface area contributed by atoms with E-state index in [1.54, 1.807) is 12.3 Å². The third-order valence-electron chi connectivity index (χ3n) is 3.75. The summed E-state index contributed by atoms with van der Waals surface area (Å²) in [4.78, 5) is 13.9. The molecule has 122 valence electrons. The van der Waals surface area contributed by atoms with E-state index in [0.717, 1.165) is 36.5 Å². The van der Waals surface area contributed by atoms with Crippen LogP contribution in [0.3, 0.4) is 0 Å². The highest BCUT2D eigenvalue weighted by atomic mass is 16.5. The number of carbonyl (C=O) groups is 1. The Balaban J connectivity index is 1.64. The minimum Gasteiger partial charge on any atom is -0.478 e. The van der Waals surface area contributed by atoms with Crippen LogP contribution in [0.4, 0.5) is 0 Å². The Hall–Kier alpha value is -2.27. The van der Waals surface area contributed by atoms with Crippen LogP contribution in [-0.4, -0.2) is 17.6 Å². The topological polar surface area (TPSA) is 51.9 Å². The van der Waals surface area contributed by atoms with Crippen LogP contribution in [0.1, 0.15) is 37.5 Å². The van der Waals surface area contributed by atoms with Gasteiger partial charge in [0.15, 0.2) is 0 Å². The van der Waals surface area contributed by atoms with E-state index in [1.165, 1.54) is 0 Å². The van der Waals surface area contributed by atoms with Gasteiger partial charge < -0.3 is 13.9 Å². The van der Waals surface area contributed by atoms with Crippen LogP contribution >= 0.6 is 0 Å². The van der Waals surface area contributed by atoms with Gasteiger partial charge in [0.05, 0.1) is 12.8 Å². The first-order chi connectivity index (χ1) is 11.2. The lowest BCUT2D eigenvalue weighted by atomic mass is 10.1. The van der Waals surface area contributed by atoms with Crippen LogP contribution < -0.4 is 9.47 Å². The molecule has 5 heteroatoms. The van der Waals surface area contributed by atoms with Gasteiger partial charge in [-0.15, -0.1) is 0 Å².